The lowest BCUT2D eigenvalue weighted by Gasteiger charge is -2.18. The van der Waals surface area contributed by atoms with Gasteiger partial charge >= 0.3 is 0 Å². The average Bonchev–Trinajstić information content (AvgIpc) is 3.64. The second kappa shape index (κ2) is 8.72. The van der Waals surface area contributed by atoms with Gasteiger partial charge in [-0.05, 0) is 61.4 Å². The zero-order valence-electron chi connectivity index (χ0n) is 42.5. The maximum atomic E-state index is 9.71. The highest BCUT2D eigenvalue weighted by molar-refractivity contribution is 6.21. The Balaban J connectivity index is 1.69. The molecule has 1 heteroatoms. The molecule has 0 saturated carbocycles. The molecule has 0 radical (unpaired) electrons. The molecule has 0 bridgehead atoms. The van der Waals surface area contributed by atoms with Crippen molar-refractivity contribution >= 4 is 43.5 Å². The van der Waals surface area contributed by atoms with Gasteiger partial charge in [-0.15, -0.1) is 0 Å². The van der Waals surface area contributed by atoms with Crippen LogP contribution < -0.4 is 0 Å². The quantitative estimate of drug-likeness (QED) is 0.212. The van der Waals surface area contributed by atoms with Crippen LogP contribution in [0.5, 0.6) is 0 Å². The normalized spacial score (nSPS) is 19.8. The van der Waals surface area contributed by atoms with E-state index in [4.69, 9.17) is 30.5 Å². The van der Waals surface area contributed by atoms with E-state index >= 15 is 0 Å². The molecule has 8 rings (SSSR count). The van der Waals surface area contributed by atoms with Crippen LogP contribution in [0.3, 0.4) is 0 Å². The smallest absolute Gasteiger partial charge is 0.143 e. The first-order valence-electron chi connectivity index (χ1n) is 23.0. The minimum Gasteiger partial charge on any atom is -0.455 e. The van der Waals surface area contributed by atoms with Gasteiger partial charge in [-0.2, -0.15) is 0 Å². The Morgan fingerprint density at radius 3 is 1.64 bits per heavy atom. The molecule has 0 aliphatic heterocycles. The van der Waals surface area contributed by atoms with Gasteiger partial charge in [0.15, 0.2) is 0 Å². The van der Waals surface area contributed by atoms with Crippen LogP contribution in [0.1, 0.15) is 31.5 Å². The van der Waals surface area contributed by atoms with E-state index in [1.807, 2.05) is 0 Å². The van der Waals surface area contributed by atoms with E-state index < -0.39 is 205 Å². The molecule has 0 atom stereocenters. The van der Waals surface area contributed by atoms with Crippen LogP contribution in [0, 0.1) is 0 Å². The van der Waals surface area contributed by atoms with Crippen molar-refractivity contribution < 1.29 is 35.9 Å². The summed E-state index contributed by atoms with van der Waals surface area (Å²) in [6.45, 7) is 0. The van der Waals surface area contributed by atoms with Crippen LogP contribution in [-0.2, 0) is 0 Å². The number of fused-ring (bicyclic) bond motifs is 5. The first kappa shape index (κ1) is 8.97. The number of para-hydroxylation sites is 2. The van der Waals surface area contributed by atoms with Gasteiger partial charge in [-0.25, -0.2) is 0 Å². The molecule has 0 aliphatic rings. The van der Waals surface area contributed by atoms with E-state index in [0.29, 0.717) is 0 Å². The molecule has 182 valence electrons. The highest BCUT2D eigenvalue weighted by atomic mass is 16.3. The van der Waals surface area contributed by atoms with Crippen molar-refractivity contribution in [2.45, 2.75) is 0 Å². The van der Waals surface area contributed by atoms with E-state index in [0.717, 1.165) is 6.07 Å². The zero-order valence-corrected chi connectivity index (χ0v) is 19.5. The molecule has 39 heavy (non-hydrogen) atoms. The predicted molar refractivity (Wildman–Crippen MR) is 165 cm³/mol. The third-order valence-electron chi connectivity index (χ3n) is 6.25. The van der Waals surface area contributed by atoms with Gasteiger partial charge in [0.2, 0.25) is 0 Å². The molecule has 0 unspecified atom stereocenters. The summed E-state index contributed by atoms with van der Waals surface area (Å²) in [7, 11) is 0. The molecular formula is C38H24O. The van der Waals surface area contributed by atoms with Crippen molar-refractivity contribution in [1.82, 2.24) is 0 Å². The minimum absolute atomic E-state index is 0.326. The van der Waals surface area contributed by atoms with Crippen LogP contribution in [0.25, 0.3) is 76.9 Å². The molecule has 8 aromatic rings. The van der Waals surface area contributed by atoms with Crippen LogP contribution in [0.4, 0.5) is 0 Å². The summed E-state index contributed by atoms with van der Waals surface area (Å²) in [4.78, 5) is 0. The van der Waals surface area contributed by atoms with Gasteiger partial charge in [0.25, 0.3) is 0 Å². The van der Waals surface area contributed by atoms with Crippen molar-refractivity contribution in [1.29, 1.82) is 0 Å². The summed E-state index contributed by atoms with van der Waals surface area (Å²) in [5.41, 5.74) is -4.59. The van der Waals surface area contributed by atoms with Gasteiger partial charge < -0.3 is 4.42 Å². The van der Waals surface area contributed by atoms with Gasteiger partial charge in [-0.1, -0.05) is 133 Å². The van der Waals surface area contributed by atoms with E-state index in [2.05, 4.69) is 0 Å². The largest absolute Gasteiger partial charge is 0.455 e. The Labute approximate surface area is 258 Å². The summed E-state index contributed by atoms with van der Waals surface area (Å²) in [6.07, 6.45) is 0. The maximum absolute atomic E-state index is 9.71. The van der Waals surface area contributed by atoms with Crippen LogP contribution in [0.15, 0.2) is 149 Å². The van der Waals surface area contributed by atoms with Crippen molar-refractivity contribution in [2.24, 2.45) is 0 Å². The lowest BCUT2D eigenvalue weighted by molar-refractivity contribution is 0.670. The Kier molecular flexibility index (Phi) is 2.00. The average molecular weight is 520 g/mol. The Morgan fingerprint density at radius 2 is 0.949 bits per heavy atom. The molecule has 0 fully saturated rings. The summed E-state index contributed by atoms with van der Waals surface area (Å²) in [5.74, 6) is 0. The first-order chi connectivity index (χ1) is 28.9. The van der Waals surface area contributed by atoms with E-state index in [-0.39, 0.29) is 10.8 Å². The summed E-state index contributed by atoms with van der Waals surface area (Å²) < 4.78 is 208. The SMILES string of the molecule is [2H]c1cc(-c2c([2H])c([2H])c([2H])c3c2oc2c([2H])c([2H])c([2H])c([2H])c23)c([2H])c(-c2c3c([2H])c([2H])c([2H])c([2H])c3c(-c3c([2H])c([2H])c([2H])c([2H])c3[2H])c3c([2H])c([2H])c([2H])c([2H])c23)c1[2H]. The Bertz CT molecular complexity index is 3330. The summed E-state index contributed by atoms with van der Waals surface area (Å²) >= 11 is 0. The second-order valence-corrected chi connectivity index (χ2v) is 8.34. The Hall–Kier alpha value is -5.14. The van der Waals surface area contributed by atoms with E-state index in [1.54, 1.807) is 0 Å². The third-order valence-corrected chi connectivity index (χ3v) is 6.25. The molecule has 0 spiro atoms. The van der Waals surface area contributed by atoms with E-state index in [1.165, 1.54) is 0 Å². The van der Waals surface area contributed by atoms with Gasteiger partial charge in [0.1, 0.15) is 11.2 Å². The fourth-order valence-electron chi connectivity index (χ4n) is 4.66. The van der Waals surface area contributed by atoms with Crippen molar-refractivity contribution in [3.63, 3.8) is 0 Å². The number of furan rings is 1. The number of hydrogen-bond acceptors (Lipinski definition) is 1. The number of benzene rings is 7. The van der Waals surface area contributed by atoms with Crippen molar-refractivity contribution in [3.05, 3.63) is 145 Å². The maximum Gasteiger partial charge on any atom is 0.143 e. The standard InChI is InChI=1S/C38H24O/c1-2-12-25(13-3-1)36-30-17-4-6-19-32(30)37(33-20-7-5-18-31(33)36)27-15-10-14-26(24-27)28-21-11-22-34-29-16-8-9-23-35(29)39-38(28)34/h1-24H/i1D,2D,3D,4D,5D,6D,7D,8D,9D,10D,11D,12D,13D,15D,16D,17D,18D,19D,20D,21D,22D,23D,24D. The van der Waals surface area contributed by atoms with Gasteiger partial charge in [0.05, 0.1) is 31.5 Å². The topological polar surface area (TPSA) is 13.1 Å². The lowest BCUT2D eigenvalue weighted by Crippen LogP contribution is -1.91. The highest BCUT2D eigenvalue weighted by Gasteiger charge is 2.17. The van der Waals surface area contributed by atoms with Crippen molar-refractivity contribution in [2.75, 3.05) is 0 Å². The Morgan fingerprint density at radius 1 is 0.410 bits per heavy atom. The first-order valence-corrected chi connectivity index (χ1v) is 11.5. The second-order valence-electron chi connectivity index (χ2n) is 8.34. The lowest BCUT2D eigenvalue weighted by atomic mass is 9.85. The van der Waals surface area contributed by atoms with Crippen LogP contribution in [-0.4, -0.2) is 0 Å². The highest BCUT2D eigenvalue weighted by Crippen LogP contribution is 2.44. The van der Waals surface area contributed by atoms with E-state index in [9.17, 15) is 5.48 Å². The number of rotatable bonds is 3. The minimum atomic E-state index is -0.918. The molecule has 1 heterocycles. The molecule has 0 amide bonds. The molecule has 1 nitrogen and oxygen atoms in total. The molecular weight excluding hydrogens is 472 g/mol. The van der Waals surface area contributed by atoms with Crippen LogP contribution in [0.2, 0.25) is 0 Å². The fourth-order valence-corrected chi connectivity index (χ4v) is 4.66. The monoisotopic (exact) mass is 519 g/mol. The third kappa shape index (κ3) is 3.41. The molecule has 7 aromatic carbocycles. The molecule has 0 aliphatic carbocycles. The predicted octanol–water partition coefficient (Wildman–Crippen LogP) is 10.9. The summed E-state index contributed by atoms with van der Waals surface area (Å²) in [5, 5.41) is -3.22. The van der Waals surface area contributed by atoms with Gasteiger partial charge in [-0.3, -0.25) is 0 Å². The zero-order chi connectivity index (χ0) is 45.8. The molecule has 0 saturated heterocycles. The van der Waals surface area contributed by atoms with Gasteiger partial charge in [0, 0.05) is 16.3 Å². The molecule has 0 N–H and O–H groups in total. The summed E-state index contributed by atoms with van der Waals surface area (Å²) in [6, 6.07) is -18.2. The fraction of sp³-hybridized carbons (Fsp3) is 0. The van der Waals surface area contributed by atoms with Crippen molar-refractivity contribution in [3.8, 4) is 33.4 Å². The van der Waals surface area contributed by atoms with Crippen LogP contribution >= 0.6 is 0 Å². The molecule has 1 aromatic heterocycles. The number of hydrogen-bond donors (Lipinski definition) is 0.